The normalized spacial score (nSPS) is 13.4. The van der Waals surface area contributed by atoms with Gasteiger partial charge in [0.05, 0.1) is 22.1 Å². The Bertz CT molecular complexity index is 4080. The van der Waals surface area contributed by atoms with E-state index in [2.05, 4.69) is 187 Å². The van der Waals surface area contributed by atoms with Gasteiger partial charge in [0.15, 0.2) is 0 Å². The van der Waals surface area contributed by atoms with Crippen molar-refractivity contribution in [2.45, 2.75) is 38.5 Å². The topological polar surface area (TPSA) is 41.6 Å². The number of hydrogen-bond acceptors (Lipinski definition) is 4. The number of furan rings is 2. The first-order chi connectivity index (χ1) is 35.4. The van der Waals surface area contributed by atoms with Crippen LogP contribution in [0.1, 0.15) is 49.9 Å². The SMILES string of the molecule is CC1(C)c2ccccc2-c2ccc(N(c3cccc(Cl)c3)c3cccc4oc5ccccc5c34)cc21.CC1(C)c2ccccc2-c2ccc(Nc3cccc4oc5ccccc5c34)cc21.Clc1cccc(Br)c1. The molecule has 0 radical (unpaired) electrons. The average Bonchev–Trinajstić information content (AvgIpc) is 4.11. The summed E-state index contributed by atoms with van der Waals surface area (Å²) in [5.74, 6) is 0. The molecule has 0 amide bonds. The summed E-state index contributed by atoms with van der Waals surface area (Å²) in [7, 11) is 0. The van der Waals surface area contributed by atoms with E-state index in [0.29, 0.717) is 5.02 Å². The Morgan fingerprint density at radius 2 is 0.904 bits per heavy atom. The minimum absolute atomic E-state index is 0.00202. The number of rotatable bonds is 5. The van der Waals surface area contributed by atoms with E-state index in [1.54, 1.807) is 0 Å². The van der Waals surface area contributed by atoms with Crippen LogP contribution >= 0.6 is 39.1 Å². The molecule has 12 aromatic rings. The van der Waals surface area contributed by atoms with Crippen molar-refractivity contribution in [3.63, 3.8) is 0 Å². The zero-order chi connectivity index (χ0) is 50.0. The number of nitrogens with zero attached hydrogens (tertiary/aromatic N) is 1. The summed E-state index contributed by atoms with van der Waals surface area (Å²) in [6, 6.07) is 75.5. The molecule has 73 heavy (non-hydrogen) atoms. The van der Waals surface area contributed by atoms with E-state index < -0.39 is 0 Å². The number of fused-ring (bicyclic) bond motifs is 12. The molecule has 0 spiro atoms. The van der Waals surface area contributed by atoms with Crippen LogP contribution < -0.4 is 10.2 Å². The summed E-state index contributed by atoms with van der Waals surface area (Å²) >= 11 is 15.4. The third-order valence-electron chi connectivity index (χ3n) is 14.6. The van der Waals surface area contributed by atoms with Crippen molar-refractivity contribution >= 4 is 111 Å². The monoisotopic (exact) mass is 1050 g/mol. The van der Waals surface area contributed by atoms with Gasteiger partial charge in [-0.3, -0.25) is 0 Å². The highest BCUT2D eigenvalue weighted by molar-refractivity contribution is 9.10. The molecular weight excluding hydrogens is 1000 g/mol. The molecular formula is C66H49BrCl2N2O2. The molecule has 2 aliphatic carbocycles. The van der Waals surface area contributed by atoms with Crippen molar-refractivity contribution in [1.82, 2.24) is 0 Å². The van der Waals surface area contributed by atoms with E-state index >= 15 is 0 Å². The lowest BCUT2D eigenvalue weighted by Crippen LogP contribution is -2.16. The van der Waals surface area contributed by atoms with Gasteiger partial charge in [-0.1, -0.05) is 188 Å². The fraction of sp³-hybridized carbons (Fsp3) is 0.0909. The van der Waals surface area contributed by atoms with Crippen molar-refractivity contribution in [1.29, 1.82) is 0 Å². The van der Waals surface area contributed by atoms with Crippen LogP contribution in [0.3, 0.4) is 0 Å². The Morgan fingerprint density at radius 3 is 1.53 bits per heavy atom. The Labute approximate surface area is 443 Å². The molecule has 10 aromatic carbocycles. The molecule has 1 N–H and O–H groups in total. The second kappa shape index (κ2) is 18.5. The lowest BCUT2D eigenvalue weighted by atomic mass is 9.82. The van der Waals surface area contributed by atoms with Crippen molar-refractivity contribution in [3.8, 4) is 22.3 Å². The van der Waals surface area contributed by atoms with Gasteiger partial charge in [-0.15, -0.1) is 0 Å². The first kappa shape index (κ1) is 46.5. The standard InChI is InChI=1S/C33H24ClNO.C27H21NO.C6H4BrCl/c1-33(2)27-13-5-3-11-24(27)25-18-17-23(20-28(25)33)35(22-10-7-9-21(34)19-22)29-14-8-16-31-32(29)26-12-4-6-15-30(26)36-31;1-27(2)21-10-5-3-8-18(21)19-15-14-17(16-22(19)27)28-23-11-7-13-25-26(23)20-9-4-6-12-24(20)29-25;7-5-2-1-3-6(8)4-5/h3-20H,1-2H3;3-16,28H,1-2H3;1-4H. The quantitative estimate of drug-likeness (QED) is 0.187. The minimum Gasteiger partial charge on any atom is -0.456 e. The van der Waals surface area contributed by atoms with Gasteiger partial charge in [0.25, 0.3) is 0 Å². The summed E-state index contributed by atoms with van der Waals surface area (Å²) in [6.45, 7) is 9.25. The van der Waals surface area contributed by atoms with E-state index in [1.165, 1.54) is 44.5 Å². The number of hydrogen-bond donors (Lipinski definition) is 1. The first-order valence-corrected chi connectivity index (χ1v) is 26.0. The number of halogens is 3. The lowest BCUT2D eigenvalue weighted by molar-refractivity contribution is 0.660. The molecule has 14 rings (SSSR count). The maximum atomic E-state index is 6.51. The smallest absolute Gasteiger partial charge is 0.137 e. The molecule has 2 heterocycles. The number of nitrogens with one attached hydrogen (secondary N) is 1. The van der Waals surface area contributed by atoms with Crippen molar-refractivity contribution in [3.05, 3.63) is 255 Å². The van der Waals surface area contributed by atoms with Crippen LogP contribution in [0.2, 0.25) is 10.0 Å². The zero-order valence-corrected chi connectivity index (χ0v) is 43.8. The van der Waals surface area contributed by atoms with Gasteiger partial charge in [-0.2, -0.15) is 0 Å². The van der Waals surface area contributed by atoms with Crippen molar-refractivity contribution in [2.24, 2.45) is 0 Å². The number of benzene rings is 10. The zero-order valence-electron chi connectivity index (χ0n) is 40.7. The Hall–Kier alpha value is -7.54. The van der Waals surface area contributed by atoms with Crippen LogP contribution in [0.25, 0.3) is 66.1 Å². The summed E-state index contributed by atoms with van der Waals surface area (Å²) in [4.78, 5) is 2.30. The molecule has 356 valence electrons. The predicted molar refractivity (Wildman–Crippen MR) is 311 cm³/mol. The van der Waals surface area contributed by atoms with Gasteiger partial charge in [0.2, 0.25) is 0 Å². The van der Waals surface area contributed by atoms with E-state index in [1.807, 2.05) is 84.9 Å². The van der Waals surface area contributed by atoms with Crippen LogP contribution in [0.5, 0.6) is 0 Å². The summed E-state index contributed by atoms with van der Waals surface area (Å²) in [5.41, 5.74) is 19.6. The highest BCUT2D eigenvalue weighted by Gasteiger charge is 2.37. The molecule has 0 bridgehead atoms. The fourth-order valence-corrected chi connectivity index (χ4v) is 12.0. The molecule has 0 saturated heterocycles. The molecule has 0 unspecified atom stereocenters. The second-order valence-corrected chi connectivity index (χ2v) is 21.5. The van der Waals surface area contributed by atoms with Gasteiger partial charge in [0, 0.05) is 53.2 Å². The lowest BCUT2D eigenvalue weighted by Gasteiger charge is -2.28. The van der Waals surface area contributed by atoms with Crippen LogP contribution in [-0.4, -0.2) is 0 Å². The Morgan fingerprint density at radius 1 is 0.411 bits per heavy atom. The maximum absolute atomic E-state index is 6.51. The van der Waals surface area contributed by atoms with Gasteiger partial charge < -0.3 is 19.1 Å². The van der Waals surface area contributed by atoms with E-state index in [4.69, 9.17) is 32.0 Å². The van der Waals surface area contributed by atoms with Crippen LogP contribution in [-0.2, 0) is 10.8 Å². The summed E-state index contributed by atoms with van der Waals surface area (Å²) in [6.07, 6.45) is 0. The molecule has 2 aliphatic rings. The van der Waals surface area contributed by atoms with Crippen LogP contribution in [0.15, 0.2) is 232 Å². The van der Waals surface area contributed by atoms with Gasteiger partial charge >= 0.3 is 0 Å². The predicted octanol–water partition coefficient (Wildman–Crippen LogP) is 20.8. The third kappa shape index (κ3) is 8.26. The van der Waals surface area contributed by atoms with Gasteiger partial charge in [0.1, 0.15) is 22.3 Å². The second-order valence-electron chi connectivity index (χ2n) is 19.7. The van der Waals surface area contributed by atoms with Crippen LogP contribution in [0, 0.1) is 0 Å². The summed E-state index contributed by atoms with van der Waals surface area (Å²) < 4.78 is 13.3. The number of anilines is 5. The van der Waals surface area contributed by atoms with Crippen LogP contribution in [0.4, 0.5) is 28.4 Å². The van der Waals surface area contributed by atoms with Crippen molar-refractivity contribution < 1.29 is 8.83 Å². The molecule has 0 saturated carbocycles. The highest BCUT2D eigenvalue weighted by atomic mass is 79.9. The highest BCUT2D eigenvalue weighted by Crippen LogP contribution is 2.52. The first-order valence-electron chi connectivity index (χ1n) is 24.5. The molecule has 7 heteroatoms. The number of para-hydroxylation sites is 2. The van der Waals surface area contributed by atoms with E-state index in [0.717, 1.165) is 81.8 Å². The molecule has 0 fully saturated rings. The summed E-state index contributed by atoms with van der Waals surface area (Å²) in [5, 5.41) is 9.59. The molecule has 4 nitrogen and oxygen atoms in total. The average molecular weight is 1050 g/mol. The Kier molecular flexibility index (Phi) is 11.8. The minimum atomic E-state index is -0.0870. The van der Waals surface area contributed by atoms with Gasteiger partial charge in [-0.25, -0.2) is 0 Å². The molecule has 0 aliphatic heterocycles. The fourth-order valence-electron chi connectivity index (χ4n) is 11.1. The molecule has 0 atom stereocenters. The van der Waals surface area contributed by atoms with E-state index in [-0.39, 0.29) is 10.8 Å². The Balaban J connectivity index is 0.000000131. The van der Waals surface area contributed by atoms with Crippen molar-refractivity contribution in [2.75, 3.05) is 10.2 Å². The third-order valence-corrected chi connectivity index (χ3v) is 15.5. The maximum Gasteiger partial charge on any atom is 0.137 e. The largest absolute Gasteiger partial charge is 0.456 e. The molecule has 2 aromatic heterocycles. The van der Waals surface area contributed by atoms with Gasteiger partial charge in [-0.05, 0) is 142 Å². The van der Waals surface area contributed by atoms with E-state index in [9.17, 15) is 0 Å².